The zero-order valence-electron chi connectivity index (χ0n) is 22.5. The number of carbonyl (C=O) groups is 1. The summed E-state index contributed by atoms with van der Waals surface area (Å²) in [6.07, 6.45) is 4.23. The zero-order valence-corrected chi connectivity index (χ0v) is 23.3. The van der Waals surface area contributed by atoms with Crippen molar-refractivity contribution in [1.29, 1.82) is 0 Å². The molecule has 0 spiro atoms. The van der Waals surface area contributed by atoms with Crippen molar-refractivity contribution in [2.75, 3.05) is 6.26 Å². The molecule has 0 atom stereocenters. The first-order valence-electron chi connectivity index (χ1n) is 12.9. The third-order valence-electron chi connectivity index (χ3n) is 6.99. The molecular formula is C30H33N3O4S. The molecule has 0 aliphatic heterocycles. The summed E-state index contributed by atoms with van der Waals surface area (Å²) in [6, 6.07) is 17.8. The first kappa shape index (κ1) is 26.1. The largest absolute Gasteiger partial charge is 0.444 e. The van der Waals surface area contributed by atoms with Crippen molar-refractivity contribution in [2.45, 2.75) is 69.8 Å². The van der Waals surface area contributed by atoms with Crippen LogP contribution in [0.2, 0.25) is 0 Å². The van der Waals surface area contributed by atoms with E-state index in [1.165, 1.54) is 11.8 Å². The van der Waals surface area contributed by atoms with Crippen LogP contribution in [0.4, 0.5) is 4.79 Å². The number of carbonyl (C=O) groups excluding carboxylic acids is 1. The summed E-state index contributed by atoms with van der Waals surface area (Å²) in [7, 11) is 0. The number of nitrogens with zero attached hydrogens (tertiary/aromatic N) is 2. The summed E-state index contributed by atoms with van der Waals surface area (Å²) < 4.78 is 13.5. The van der Waals surface area contributed by atoms with Gasteiger partial charge in [0.25, 0.3) is 5.56 Å². The molecule has 8 heteroatoms. The van der Waals surface area contributed by atoms with Crippen LogP contribution in [0.3, 0.4) is 0 Å². The Morgan fingerprint density at radius 2 is 1.79 bits per heavy atom. The molecule has 0 bridgehead atoms. The lowest BCUT2D eigenvalue weighted by Gasteiger charge is -2.43. The number of aromatic nitrogens is 2. The Balaban J connectivity index is 1.60. The molecule has 0 saturated heterocycles. The molecule has 1 amide bonds. The van der Waals surface area contributed by atoms with E-state index in [0.29, 0.717) is 28.6 Å². The van der Waals surface area contributed by atoms with Crippen LogP contribution < -0.4 is 10.9 Å². The number of benzene rings is 2. The number of fused-ring (bicyclic) bond motifs is 1. The number of nitrogens with one attached hydrogen (secondary N) is 1. The fourth-order valence-corrected chi connectivity index (χ4v) is 5.65. The number of hydrogen-bond donors (Lipinski definition) is 1. The molecule has 5 rings (SSSR count). The van der Waals surface area contributed by atoms with E-state index < -0.39 is 17.2 Å². The fraction of sp³-hybridized carbons (Fsp3) is 0.367. The second-order valence-electron chi connectivity index (χ2n) is 10.6. The molecule has 2 aromatic carbocycles. The average molecular weight is 532 g/mol. The van der Waals surface area contributed by atoms with Crippen molar-refractivity contribution in [2.24, 2.45) is 0 Å². The predicted octanol–water partition coefficient (Wildman–Crippen LogP) is 6.97. The summed E-state index contributed by atoms with van der Waals surface area (Å²) in [5.74, 6) is 0.603. The van der Waals surface area contributed by atoms with Gasteiger partial charge in [-0.1, -0.05) is 66.4 Å². The van der Waals surface area contributed by atoms with Crippen LogP contribution in [0.25, 0.3) is 33.6 Å². The van der Waals surface area contributed by atoms with Crippen molar-refractivity contribution >= 4 is 29.0 Å². The topological polar surface area (TPSA) is 86.4 Å². The number of alkyl carbamates (subject to hydrolysis) is 1. The fourth-order valence-electron chi connectivity index (χ4n) is 5.04. The molecule has 198 valence electrons. The summed E-state index contributed by atoms with van der Waals surface area (Å²) in [4.78, 5) is 30.9. The van der Waals surface area contributed by atoms with E-state index in [1.807, 2.05) is 88.5 Å². The number of rotatable bonds is 6. The molecule has 1 fully saturated rings. The number of furan rings is 1. The molecule has 4 aromatic rings. The molecule has 1 N–H and O–H groups in total. The molecule has 0 radical (unpaired) electrons. The molecule has 7 nitrogen and oxygen atoms in total. The first-order valence-corrected chi connectivity index (χ1v) is 14.2. The lowest BCUT2D eigenvalue weighted by molar-refractivity contribution is 0.0377. The Bertz CT molecular complexity index is 1530. The number of amides is 1. The van der Waals surface area contributed by atoms with E-state index in [-0.39, 0.29) is 5.56 Å². The molecule has 0 unspecified atom stereocenters. The molecule has 1 saturated carbocycles. The van der Waals surface area contributed by atoms with Gasteiger partial charge in [0, 0.05) is 17.7 Å². The minimum absolute atomic E-state index is 0.109. The van der Waals surface area contributed by atoms with Gasteiger partial charge in [0.1, 0.15) is 16.7 Å². The quantitative estimate of drug-likeness (QED) is 0.214. The summed E-state index contributed by atoms with van der Waals surface area (Å²) >= 11 is 1.42. The van der Waals surface area contributed by atoms with Crippen LogP contribution >= 0.6 is 11.8 Å². The lowest BCUT2D eigenvalue weighted by atomic mass is 9.71. The first-order chi connectivity index (χ1) is 18.2. The average Bonchev–Trinajstić information content (AvgIpc) is 3.25. The minimum Gasteiger partial charge on any atom is -0.444 e. The predicted molar refractivity (Wildman–Crippen MR) is 151 cm³/mol. The van der Waals surface area contributed by atoms with Crippen LogP contribution in [-0.4, -0.2) is 27.5 Å². The van der Waals surface area contributed by atoms with Crippen LogP contribution in [0, 0.1) is 0 Å². The summed E-state index contributed by atoms with van der Waals surface area (Å²) in [6.45, 7) is 8.04. The minimum atomic E-state index is -0.561. The van der Waals surface area contributed by atoms with Crippen molar-refractivity contribution < 1.29 is 13.9 Å². The van der Waals surface area contributed by atoms with E-state index in [9.17, 15) is 9.59 Å². The monoisotopic (exact) mass is 531 g/mol. The highest BCUT2D eigenvalue weighted by Crippen LogP contribution is 2.44. The smallest absolute Gasteiger partial charge is 0.408 e. The van der Waals surface area contributed by atoms with Gasteiger partial charge < -0.3 is 14.5 Å². The number of thioether (sulfide) groups is 1. The second kappa shape index (κ2) is 9.98. The van der Waals surface area contributed by atoms with Gasteiger partial charge in [0.05, 0.1) is 5.54 Å². The van der Waals surface area contributed by atoms with E-state index >= 15 is 0 Å². The Morgan fingerprint density at radius 1 is 1.11 bits per heavy atom. The highest BCUT2D eigenvalue weighted by atomic mass is 32.2. The maximum atomic E-state index is 13.6. The molecule has 2 aromatic heterocycles. The number of ether oxygens (including phenoxy) is 1. The van der Waals surface area contributed by atoms with E-state index in [1.54, 1.807) is 4.57 Å². The second-order valence-corrected chi connectivity index (χ2v) is 11.4. The van der Waals surface area contributed by atoms with Crippen molar-refractivity contribution in [1.82, 2.24) is 14.9 Å². The number of hydrogen-bond acceptors (Lipinski definition) is 6. The summed E-state index contributed by atoms with van der Waals surface area (Å²) in [5, 5.41) is 4.22. The van der Waals surface area contributed by atoms with Gasteiger partial charge in [-0.2, -0.15) is 4.98 Å². The van der Waals surface area contributed by atoms with Crippen LogP contribution in [-0.2, 0) is 16.8 Å². The van der Waals surface area contributed by atoms with Gasteiger partial charge in [0.15, 0.2) is 5.16 Å². The Labute approximate surface area is 226 Å². The Morgan fingerprint density at radius 3 is 2.34 bits per heavy atom. The van der Waals surface area contributed by atoms with Gasteiger partial charge >= 0.3 is 6.09 Å². The van der Waals surface area contributed by atoms with Gasteiger partial charge in [-0.3, -0.25) is 9.36 Å². The normalized spacial score (nSPS) is 14.8. The molecule has 38 heavy (non-hydrogen) atoms. The highest BCUT2D eigenvalue weighted by Gasteiger charge is 2.41. The summed E-state index contributed by atoms with van der Waals surface area (Å²) in [5.41, 5.74) is 2.72. The standard InChI is InChI=1S/C30H33N3O4S/c1-6-33-26(34)23-22(19-11-8-7-9-12-19)24(36-25(23)31-27(33)38-5)20-13-15-21(16-14-20)30(17-10-18-30)32-28(35)37-29(2,3)4/h7-9,11-16H,6,10,17-18H2,1-5H3,(H,32,35). The SMILES string of the molecule is CCn1c(SC)nc2oc(-c3ccc(C4(NC(=O)OC(C)(C)C)CCC4)cc3)c(-c3ccccc3)c2c1=O. The van der Waals surface area contributed by atoms with Crippen molar-refractivity contribution in [3.05, 3.63) is 70.5 Å². The molecular weight excluding hydrogens is 498 g/mol. The van der Waals surface area contributed by atoms with Crippen LogP contribution in [0.15, 0.2) is 69.0 Å². The third-order valence-corrected chi connectivity index (χ3v) is 7.66. The van der Waals surface area contributed by atoms with E-state index in [4.69, 9.17) is 14.1 Å². The van der Waals surface area contributed by atoms with Gasteiger partial charge in [-0.25, -0.2) is 4.79 Å². The molecule has 2 heterocycles. The van der Waals surface area contributed by atoms with E-state index in [2.05, 4.69) is 5.32 Å². The van der Waals surface area contributed by atoms with Crippen molar-refractivity contribution in [3.63, 3.8) is 0 Å². The maximum absolute atomic E-state index is 13.6. The molecule has 1 aliphatic rings. The highest BCUT2D eigenvalue weighted by molar-refractivity contribution is 7.98. The Kier molecular flexibility index (Phi) is 6.86. The lowest BCUT2D eigenvalue weighted by Crippen LogP contribution is -2.52. The van der Waals surface area contributed by atoms with Gasteiger partial charge in [-0.05, 0) is 64.3 Å². The van der Waals surface area contributed by atoms with Gasteiger partial charge in [0.2, 0.25) is 5.71 Å². The maximum Gasteiger partial charge on any atom is 0.408 e. The van der Waals surface area contributed by atoms with E-state index in [0.717, 1.165) is 41.5 Å². The molecule has 1 aliphatic carbocycles. The zero-order chi connectivity index (χ0) is 27.1. The Hall–Kier alpha value is -3.52. The third kappa shape index (κ3) is 4.73. The van der Waals surface area contributed by atoms with Gasteiger partial charge in [-0.15, -0.1) is 0 Å². The van der Waals surface area contributed by atoms with Crippen LogP contribution in [0.5, 0.6) is 0 Å². The van der Waals surface area contributed by atoms with Crippen molar-refractivity contribution in [3.8, 4) is 22.5 Å². The van der Waals surface area contributed by atoms with Crippen LogP contribution in [0.1, 0.15) is 52.5 Å².